The van der Waals surface area contributed by atoms with Crippen molar-refractivity contribution in [2.45, 2.75) is 50.5 Å². The molecule has 0 spiro atoms. The molecule has 3 unspecified atom stereocenters. The molecule has 6 heterocycles. The van der Waals surface area contributed by atoms with Gasteiger partial charge in [-0.1, -0.05) is 0 Å². The van der Waals surface area contributed by atoms with Gasteiger partial charge in [-0.05, 0) is 58.8 Å². The van der Waals surface area contributed by atoms with Crippen LogP contribution in [0.15, 0.2) is 0 Å². The first-order valence-corrected chi connectivity index (χ1v) is 9.59. The lowest BCUT2D eigenvalue weighted by molar-refractivity contribution is -0.314. The number of Topliss-reactive ketones (excluding diaryl/α,β-unsaturated/α-hetero) is 1. The molecule has 26 heavy (non-hydrogen) atoms. The van der Waals surface area contributed by atoms with Gasteiger partial charge < -0.3 is 14.6 Å². The van der Waals surface area contributed by atoms with Gasteiger partial charge in [0.25, 0.3) is 0 Å². The number of nitrogens with zero attached hydrogens (tertiary/aromatic N) is 2. The van der Waals surface area contributed by atoms with E-state index in [1.54, 1.807) is 0 Å². The van der Waals surface area contributed by atoms with Crippen LogP contribution in [0.1, 0.15) is 32.6 Å². The largest absolute Gasteiger partial charge is 0.380 e. The molecule has 3 atom stereocenters. The number of fused-ring (bicyclic) bond motifs is 6. The van der Waals surface area contributed by atoms with Crippen molar-refractivity contribution in [2.75, 3.05) is 46.0 Å². The molecular weight excluding hydrogens is 379 g/mol. The third kappa shape index (κ3) is 3.79. The van der Waals surface area contributed by atoms with E-state index in [9.17, 15) is 9.90 Å². The van der Waals surface area contributed by atoms with Gasteiger partial charge in [-0.15, -0.1) is 24.8 Å². The zero-order valence-electron chi connectivity index (χ0n) is 15.5. The molecular formula is C18H32Cl2N2O4. The van der Waals surface area contributed by atoms with Gasteiger partial charge in [-0.3, -0.25) is 14.6 Å². The Kier molecular flexibility index (Phi) is 7.76. The zero-order valence-corrected chi connectivity index (χ0v) is 17.1. The second-order valence-corrected chi connectivity index (χ2v) is 7.78. The van der Waals surface area contributed by atoms with Crippen LogP contribution in [-0.2, 0) is 14.3 Å². The van der Waals surface area contributed by atoms with Crippen LogP contribution in [0.5, 0.6) is 0 Å². The van der Waals surface area contributed by atoms with Gasteiger partial charge in [-0.2, -0.15) is 0 Å². The van der Waals surface area contributed by atoms with Crippen LogP contribution in [0, 0.1) is 11.8 Å². The Morgan fingerprint density at radius 1 is 1.04 bits per heavy atom. The van der Waals surface area contributed by atoms with Crippen LogP contribution in [0.2, 0.25) is 0 Å². The van der Waals surface area contributed by atoms with Gasteiger partial charge in [0, 0.05) is 18.4 Å². The van der Waals surface area contributed by atoms with E-state index in [2.05, 4.69) is 9.80 Å². The zero-order chi connectivity index (χ0) is 16.7. The number of carbonyl (C=O) groups is 1. The molecule has 0 aliphatic carbocycles. The highest BCUT2D eigenvalue weighted by Gasteiger charge is 2.55. The first-order valence-electron chi connectivity index (χ1n) is 9.59. The lowest BCUT2D eigenvalue weighted by Gasteiger charge is -2.56. The number of halogens is 2. The molecule has 6 rings (SSSR count). The summed E-state index contributed by atoms with van der Waals surface area (Å²) >= 11 is 0. The molecule has 6 nitrogen and oxygen atoms in total. The van der Waals surface area contributed by atoms with Crippen LogP contribution >= 0.6 is 24.8 Å². The molecule has 152 valence electrons. The quantitative estimate of drug-likeness (QED) is 0.666. The standard InChI is InChI=1S/C18H30N2O4.2ClH/c1-2-23-12-16-18(22,14-5-9-20(16)10-6-14)24-11-15-17(21)13-3-7-19(15)8-4-13;;/h13-16,22H,2-12H2,1H3;2*1H. The summed E-state index contributed by atoms with van der Waals surface area (Å²) in [6.45, 7) is 7.41. The number of ether oxygens (including phenoxy) is 2. The number of hydrogen-bond donors (Lipinski definition) is 1. The fourth-order valence-electron chi connectivity index (χ4n) is 5.17. The molecule has 1 N–H and O–H groups in total. The van der Waals surface area contributed by atoms with Gasteiger partial charge in [0.05, 0.1) is 25.3 Å². The van der Waals surface area contributed by atoms with E-state index in [-0.39, 0.29) is 48.7 Å². The molecule has 0 saturated carbocycles. The van der Waals surface area contributed by atoms with Gasteiger partial charge in [0.15, 0.2) is 11.6 Å². The second kappa shape index (κ2) is 9.03. The van der Waals surface area contributed by atoms with Gasteiger partial charge in [0.2, 0.25) is 0 Å². The van der Waals surface area contributed by atoms with Crippen LogP contribution in [0.4, 0.5) is 0 Å². The molecule has 6 aliphatic heterocycles. The van der Waals surface area contributed by atoms with E-state index in [1.165, 1.54) is 0 Å². The predicted octanol–water partition coefficient (Wildman–Crippen LogP) is 1.33. The van der Waals surface area contributed by atoms with Crippen molar-refractivity contribution in [1.29, 1.82) is 0 Å². The maximum absolute atomic E-state index is 12.5. The molecule has 0 radical (unpaired) electrons. The van der Waals surface area contributed by atoms with Crippen molar-refractivity contribution >= 4 is 30.6 Å². The lowest BCUT2D eigenvalue weighted by atomic mass is 9.77. The summed E-state index contributed by atoms with van der Waals surface area (Å²) in [4.78, 5) is 17.1. The summed E-state index contributed by atoms with van der Waals surface area (Å²) in [5.74, 6) is -0.495. The average molecular weight is 411 g/mol. The topological polar surface area (TPSA) is 62.2 Å². The van der Waals surface area contributed by atoms with Crippen LogP contribution < -0.4 is 0 Å². The number of ketones is 1. The van der Waals surface area contributed by atoms with Crippen LogP contribution in [0.25, 0.3) is 0 Å². The lowest BCUT2D eigenvalue weighted by Crippen LogP contribution is -2.69. The van der Waals surface area contributed by atoms with Gasteiger partial charge >= 0.3 is 0 Å². The SMILES string of the molecule is CCOCC1N2CCC(CC2)C1(O)OCC1C(=O)C2CCN1CC2.Cl.Cl. The first-order chi connectivity index (χ1) is 11.6. The fourth-order valence-corrected chi connectivity index (χ4v) is 5.17. The monoisotopic (exact) mass is 410 g/mol. The first kappa shape index (κ1) is 22.3. The van der Waals surface area contributed by atoms with Crippen molar-refractivity contribution in [2.24, 2.45) is 11.8 Å². The summed E-state index contributed by atoms with van der Waals surface area (Å²) in [7, 11) is 0. The van der Waals surface area contributed by atoms with Crippen molar-refractivity contribution in [3.63, 3.8) is 0 Å². The Bertz CT molecular complexity index is 482. The molecule has 0 aromatic rings. The van der Waals surface area contributed by atoms with Crippen molar-refractivity contribution in [1.82, 2.24) is 9.80 Å². The van der Waals surface area contributed by atoms with E-state index >= 15 is 0 Å². The Balaban J connectivity index is 0.00000121. The van der Waals surface area contributed by atoms with E-state index in [0.29, 0.717) is 25.6 Å². The summed E-state index contributed by atoms with van der Waals surface area (Å²) < 4.78 is 11.8. The minimum Gasteiger partial charge on any atom is -0.380 e. The summed E-state index contributed by atoms with van der Waals surface area (Å²) in [6, 6.07) is -0.277. The number of hydrogen-bond acceptors (Lipinski definition) is 6. The number of rotatable bonds is 6. The Labute approximate surface area is 168 Å². The van der Waals surface area contributed by atoms with Crippen LogP contribution in [-0.4, -0.2) is 84.6 Å². The minimum atomic E-state index is -1.18. The third-order valence-electron chi connectivity index (χ3n) is 6.69. The molecule has 6 fully saturated rings. The van der Waals surface area contributed by atoms with E-state index in [1.807, 2.05) is 6.92 Å². The third-order valence-corrected chi connectivity index (χ3v) is 6.69. The predicted molar refractivity (Wildman–Crippen MR) is 103 cm³/mol. The number of aliphatic hydroxyl groups is 1. The maximum Gasteiger partial charge on any atom is 0.186 e. The highest BCUT2D eigenvalue weighted by atomic mass is 35.5. The maximum atomic E-state index is 12.5. The molecule has 6 saturated heterocycles. The normalized spacial score (nSPS) is 43.7. The molecule has 0 aromatic heterocycles. The fraction of sp³-hybridized carbons (Fsp3) is 0.944. The highest BCUT2D eigenvalue weighted by Crippen LogP contribution is 2.42. The Hall–Kier alpha value is 0.0500. The van der Waals surface area contributed by atoms with Crippen molar-refractivity contribution < 1.29 is 19.4 Å². The molecule has 0 amide bonds. The Morgan fingerprint density at radius 3 is 2.23 bits per heavy atom. The summed E-state index contributed by atoms with van der Waals surface area (Å²) in [5, 5.41) is 11.4. The summed E-state index contributed by atoms with van der Waals surface area (Å²) in [5.41, 5.74) is 0. The van der Waals surface area contributed by atoms with E-state index in [0.717, 1.165) is 51.9 Å². The van der Waals surface area contributed by atoms with Crippen molar-refractivity contribution in [3.8, 4) is 0 Å². The number of carbonyl (C=O) groups excluding carboxylic acids is 1. The van der Waals surface area contributed by atoms with Crippen LogP contribution in [0.3, 0.4) is 0 Å². The highest BCUT2D eigenvalue weighted by molar-refractivity contribution is 5.88. The average Bonchev–Trinajstić information content (AvgIpc) is 2.62. The minimum absolute atomic E-state index is 0. The van der Waals surface area contributed by atoms with E-state index in [4.69, 9.17) is 9.47 Å². The molecule has 4 bridgehead atoms. The van der Waals surface area contributed by atoms with E-state index < -0.39 is 5.79 Å². The number of piperidine rings is 6. The Morgan fingerprint density at radius 2 is 1.65 bits per heavy atom. The molecule has 0 aromatic carbocycles. The smallest absolute Gasteiger partial charge is 0.186 e. The molecule has 6 aliphatic rings. The van der Waals surface area contributed by atoms with Gasteiger partial charge in [-0.25, -0.2) is 0 Å². The second-order valence-electron chi connectivity index (χ2n) is 7.78. The van der Waals surface area contributed by atoms with Gasteiger partial charge in [0.1, 0.15) is 0 Å². The van der Waals surface area contributed by atoms with Crippen molar-refractivity contribution in [3.05, 3.63) is 0 Å². The molecule has 8 heteroatoms. The summed E-state index contributed by atoms with van der Waals surface area (Å²) in [6.07, 6.45) is 3.90.